The van der Waals surface area contributed by atoms with Crippen LogP contribution in [0.4, 0.5) is 5.69 Å². The van der Waals surface area contributed by atoms with Crippen molar-refractivity contribution in [1.29, 1.82) is 0 Å². The van der Waals surface area contributed by atoms with E-state index in [1.165, 1.54) is 12.1 Å². The van der Waals surface area contributed by atoms with Crippen LogP contribution in [0.1, 0.15) is 46.5 Å². The normalized spacial score (nSPS) is 12.2. The molecule has 2 rings (SSSR count). The van der Waals surface area contributed by atoms with Gasteiger partial charge in [-0.3, -0.25) is 9.10 Å². The lowest BCUT2D eigenvalue weighted by Gasteiger charge is -2.25. The maximum Gasteiger partial charge on any atom is 0.264 e. The van der Waals surface area contributed by atoms with E-state index >= 15 is 0 Å². The van der Waals surface area contributed by atoms with E-state index in [4.69, 9.17) is 4.74 Å². The number of benzene rings is 2. The molecule has 1 amide bonds. The summed E-state index contributed by atoms with van der Waals surface area (Å²) in [6, 6.07) is 14.9. The molecule has 0 bridgehead atoms. The van der Waals surface area contributed by atoms with Crippen LogP contribution in [0, 0.1) is 5.92 Å². The van der Waals surface area contributed by atoms with E-state index in [0.717, 1.165) is 30.0 Å². The predicted octanol–water partition coefficient (Wildman–Crippen LogP) is 4.61. The minimum Gasteiger partial charge on any atom is -0.494 e. The first-order valence-corrected chi connectivity index (χ1v) is 12.4. The summed E-state index contributed by atoms with van der Waals surface area (Å²) in [6.45, 7) is 6.93. The summed E-state index contributed by atoms with van der Waals surface area (Å²) in [5.41, 5.74) is 0.417. The van der Waals surface area contributed by atoms with Crippen molar-refractivity contribution in [1.82, 2.24) is 5.32 Å². The van der Waals surface area contributed by atoms with Crippen molar-refractivity contribution in [3.63, 3.8) is 0 Å². The second-order valence-electron chi connectivity index (χ2n) is 7.47. The number of ether oxygens (including phenoxy) is 1. The zero-order valence-corrected chi connectivity index (χ0v) is 19.5. The van der Waals surface area contributed by atoms with Crippen molar-refractivity contribution >= 4 is 21.6 Å². The van der Waals surface area contributed by atoms with Gasteiger partial charge in [0.25, 0.3) is 10.0 Å². The summed E-state index contributed by atoms with van der Waals surface area (Å²) >= 11 is 0. The van der Waals surface area contributed by atoms with Crippen LogP contribution in [-0.4, -0.2) is 34.0 Å². The van der Waals surface area contributed by atoms with Gasteiger partial charge in [0.05, 0.1) is 17.2 Å². The minimum atomic E-state index is -3.90. The maximum absolute atomic E-state index is 13.3. The second kappa shape index (κ2) is 12.3. The van der Waals surface area contributed by atoms with E-state index in [1.807, 2.05) is 6.92 Å². The molecule has 0 aliphatic rings. The Morgan fingerprint density at radius 2 is 1.71 bits per heavy atom. The number of sulfonamides is 1. The molecule has 0 aromatic heterocycles. The number of rotatable bonds is 13. The maximum atomic E-state index is 13.3. The molecule has 1 atom stereocenters. The highest BCUT2D eigenvalue weighted by atomic mass is 32.2. The fourth-order valence-electron chi connectivity index (χ4n) is 3.30. The third-order valence-electron chi connectivity index (χ3n) is 5.19. The van der Waals surface area contributed by atoms with Gasteiger partial charge in [0.15, 0.2) is 0 Å². The molecule has 0 unspecified atom stereocenters. The SMILES string of the molecule is CCCC[C@@H](CC)CNC(=O)CN(c1ccc(OCC)cc1)S(=O)(=O)c1ccccc1. The van der Waals surface area contributed by atoms with E-state index in [2.05, 4.69) is 19.2 Å². The standard InChI is InChI=1S/C24H34N2O4S/c1-4-7-11-20(5-2)18-25-24(27)19-26(21-14-16-22(17-15-21)30-6-3)31(28,29)23-12-9-8-10-13-23/h8-10,12-17,20H,4-7,11,18-19H2,1-3H3,(H,25,27)/t20-/m1/s1. The van der Waals surface area contributed by atoms with Gasteiger partial charge in [-0.1, -0.05) is 51.3 Å². The fraction of sp³-hybridized carbons (Fsp3) is 0.458. The van der Waals surface area contributed by atoms with E-state index in [-0.39, 0.29) is 17.3 Å². The molecule has 2 aromatic carbocycles. The highest BCUT2D eigenvalue weighted by Gasteiger charge is 2.27. The number of carbonyl (C=O) groups is 1. The molecule has 170 valence electrons. The number of nitrogens with one attached hydrogen (secondary N) is 1. The Morgan fingerprint density at radius 1 is 1.03 bits per heavy atom. The summed E-state index contributed by atoms with van der Waals surface area (Å²) in [5, 5.41) is 2.93. The molecule has 0 saturated heterocycles. The van der Waals surface area contributed by atoms with Gasteiger partial charge in [0.2, 0.25) is 5.91 Å². The highest BCUT2D eigenvalue weighted by molar-refractivity contribution is 7.92. The first-order chi connectivity index (χ1) is 14.9. The number of nitrogens with zero attached hydrogens (tertiary/aromatic N) is 1. The third-order valence-corrected chi connectivity index (χ3v) is 6.97. The van der Waals surface area contributed by atoms with Crippen molar-refractivity contribution in [2.24, 2.45) is 5.92 Å². The van der Waals surface area contributed by atoms with Crippen molar-refractivity contribution in [2.75, 3.05) is 24.0 Å². The number of anilines is 1. The quantitative estimate of drug-likeness (QED) is 0.487. The van der Waals surface area contributed by atoms with Crippen molar-refractivity contribution < 1.29 is 17.9 Å². The topological polar surface area (TPSA) is 75.7 Å². The van der Waals surface area contributed by atoms with Crippen molar-refractivity contribution in [3.8, 4) is 5.75 Å². The van der Waals surface area contributed by atoms with Crippen LogP contribution in [0.15, 0.2) is 59.5 Å². The van der Waals surface area contributed by atoms with Crippen LogP contribution in [0.3, 0.4) is 0 Å². The monoisotopic (exact) mass is 446 g/mol. The molecule has 2 aromatic rings. The number of amides is 1. The Balaban J connectivity index is 2.22. The Hall–Kier alpha value is -2.54. The summed E-state index contributed by atoms with van der Waals surface area (Å²) < 4.78 is 33.3. The Labute approximate surface area is 186 Å². The molecule has 0 aliphatic heterocycles. The van der Waals surface area contributed by atoms with Crippen LogP contribution in [0.2, 0.25) is 0 Å². The molecule has 0 heterocycles. The number of carbonyl (C=O) groups excluding carboxylic acids is 1. The molecular weight excluding hydrogens is 412 g/mol. The molecule has 1 N–H and O–H groups in total. The Kier molecular flexibility index (Phi) is 9.85. The van der Waals surface area contributed by atoms with Gasteiger partial charge in [-0.15, -0.1) is 0 Å². The van der Waals surface area contributed by atoms with Gasteiger partial charge in [0.1, 0.15) is 12.3 Å². The van der Waals surface area contributed by atoms with Crippen molar-refractivity contribution in [2.45, 2.75) is 51.3 Å². The molecule has 31 heavy (non-hydrogen) atoms. The second-order valence-corrected chi connectivity index (χ2v) is 9.33. The molecule has 7 heteroatoms. The molecule has 0 radical (unpaired) electrons. The summed E-state index contributed by atoms with van der Waals surface area (Å²) in [5.74, 6) is 0.728. The van der Waals surface area contributed by atoms with Gasteiger partial charge in [-0.25, -0.2) is 8.42 Å². The molecular formula is C24H34N2O4S. The fourth-order valence-corrected chi connectivity index (χ4v) is 4.74. The lowest BCUT2D eigenvalue weighted by Crippen LogP contribution is -2.42. The zero-order valence-electron chi connectivity index (χ0n) is 18.7. The minimum absolute atomic E-state index is 0.145. The van der Waals surface area contributed by atoms with Gasteiger partial charge in [0, 0.05) is 6.54 Å². The van der Waals surface area contributed by atoms with Crippen LogP contribution in [0.5, 0.6) is 5.75 Å². The predicted molar refractivity (Wildman–Crippen MR) is 125 cm³/mol. The van der Waals surface area contributed by atoms with Gasteiger partial charge in [-0.05, 0) is 55.7 Å². The van der Waals surface area contributed by atoms with E-state index in [1.54, 1.807) is 42.5 Å². The zero-order chi connectivity index (χ0) is 22.7. The molecule has 6 nitrogen and oxygen atoms in total. The van der Waals surface area contributed by atoms with Crippen LogP contribution >= 0.6 is 0 Å². The first-order valence-electron chi connectivity index (χ1n) is 11.0. The van der Waals surface area contributed by atoms with Gasteiger partial charge in [-0.2, -0.15) is 0 Å². The first kappa shape index (κ1) is 24.7. The third kappa shape index (κ3) is 7.28. The molecule has 0 saturated carbocycles. The largest absolute Gasteiger partial charge is 0.494 e. The number of hydrogen-bond acceptors (Lipinski definition) is 4. The summed E-state index contributed by atoms with van der Waals surface area (Å²) in [7, 11) is -3.90. The van der Waals surface area contributed by atoms with Gasteiger partial charge >= 0.3 is 0 Å². The lowest BCUT2D eigenvalue weighted by atomic mass is 9.99. The molecule has 0 spiro atoms. The molecule has 0 aliphatic carbocycles. The lowest BCUT2D eigenvalue weighted by molar-refractivity contribution is -0.119. The smallest absolute Gasteiger partial charge is 0.264 e. The van der Waals surface area contributed by atoms with Crippen LogP contribution in [-0.2, 0) is 14.8 Å². The average molecular weight is 447 g/mol. The van der Waals surface area contributed by atoms with E-state index < -0.39 is 10.0 Å². The summed E-state index contributed by atoms with van der Waals surface area (Å²) in [6.07, 6.45) is 4.27. The van der Waals surface area contributed by atoms with E-state index in [0.29, 0.717) is 30.5 Å². The number of unbranched alkanes of at least 4 members (excludes halogenated alkanes) is 1. The average Bonchev–Trinajstić information content (AvgIpc) is 2.79. The highest BCUT2D eigenvalue weighted by Crippen LogP contribution is 2.25. The van der Waals surface area contributed by atoms with Gasteiger partial charge < -0.3 is 10.1 Å². The molecule has 0 fully saturated rings. The van der Waals surface area contributed by atoms with Crippen molar-refractivity contribution in [3.05, 3.63) is 54.6 Å². The van der Waals surface area contributed by atoms with Crippen LogP contribution in [0.25, 0.3) is 0 Å². The number of hydrogen-bond donors (Lipinski definition) is 1. The van der Waals surface area contributed by atoms with Crippen LogP contribution < -0.4 is 14.4 Å². The Morgan fingerprint density at radius 3 is 2.29 bits per heavy atom. The Bertz CT molecular complexity index is 899. The summed E-state index contributed by atoms with van der Waals surface area (Å²) in [4.78, 5) is 12.9. The van der Waals surface area contributed by atoms with E-state index in [9.17, 15) is 13.2 Å².